The highest BCUT2D eigenvalue weighted by atomic mass is 14.6. The average Bonchev–Trinajstić information content (AvgIpc) is 1.61. The first-order chi connectivity index (χ1) is 2.91. The van der Waals surface area contributed by atoms with Gasteiger partial charge in [-0.2, -0.15) is 0 Å². The second kappa shape index (κ2) is 4.41. The zero-order chi connectivity index (χ0) is 4.83. The largest absolute Gasteiger partial charge is 0.270 e. The zero-order valence-electron chi connectivity index (χ0n) is 4.18. The van der Waals surface area contributed by atoms with E-state index < -0.39 is 0 Å². The summed E-state index contributed by atoms with van der Waals surface area (Å²) in [5.74, 6) is 0. The summed E-state index contributed by atoms with van der Waals surface area (Å²) >= 11 is 0. The number of allylic oxidation sites excluding steroid dienone is 1. The maximum absolute atomic E-state index is 3.78. The molecule has 0 heterocycles. The lowest BCUT2D eigenvalue weighted by Crippen LogP contribution is -1.49. The third-order valence-corrected chi connectivity index (χ3v) is 0.384. The Bertz CT molecular complexity index is 52.3. The van der Waals surface area contributed by atoms with Crippen molar-refractivity contribution in [1.82, 2.24) is 0 Å². The number of aliphatic imine (C=N–C) groups is 1. The highest BCUT2D eigenvalue weighted by Crippen LogP contribution is 1.67. The van der Waals surface area contributed by atoms with Crippen molar-refractivity contribution < 1.29 is 0 Å². The lowest BCUT2D eigenvalue weighted by molar-refractivity contribution is 1.53. The van der Waals surface area contributed by atoms with Gasteiger partial charge in [0.25, 0.3) is 0 Å². The summed E-state index contributed by atoms with van der Waals surface area (Å²) in [5.41, 5.74) is 0. The van der Waals surface area contributed by atoms with E-state index in [9.17, 15) is 0 Å². The normalized spacial score (nSPS) is 11.7. The molecular weight excluding hydrogens is 74.1 g/mol. The molecule has 0 aromatic rings. The molecule has 0 amide bonds. The third kappa shape index (κ3) is 3.41. The molecule has 6 heavy (non-hydrogen) atoms. The minimum absolute atomic E-state index is 1.75. The van der Waals surface area contributed by atoms with Crippen LogP contribution in [0.15, 0.2) is 17.3 Å². The number of nitrogens with zero attached hydrogens (tertiary/aromatic N) is 1. The van der Waals surface area contributed by atoms with Crippen LogP contribution in [0.2, 0.25) is 0 Å². The molecule has 0 saturated carbocycles. The summed E-state index contributed by atoms with van der Waals surface area (Å²) in [6, 6.07) is 0. The SMILES string of the molecule is CC=N/C=C\C. The van der Waals surface area contributed by atoms with E-state index >= 15 is 0 Å². The first kappa shape index (κ1) is 5.41. The van der Waals surface area contributed by atoms with Gasteiger partial charge < -0.3 is 0 Å². The summed E-state index contributed by atoms with van der Waals surface area (Å²) in [6.45, 7) is 3.83. The smallest absolute Gasteiger partial charge is 0.0221 e. The quantitative estimate of drug-likeness (QED) is 0.427. The molecule has 0 saturated heterocycles. The Morgan fingerprint density at radius 3 is 2.17 bits per heavy atom. The molecule has 0 aliphatic heterocycles. The maximum atomic E-state index is 3.78. The predicted octanol–water partition coefficient (Wildman–Crippen LogP) is 1.61. The van der Waals surface area contributed by atoms with Crippen LogP contribution in [0.5, 0.6) is 0 Å². The summed E-state index contributed by atoms with van der Waals surface area (Å²) in [7, 11) is 0. The van der Waals surface area contributed by atoms with Crippen molar-refractivity contribution in [2.75, 3.05) is 0 Å². The van der Waals surface area contributed by atoms with Gasteiger partial charge in [-0.3, -0.25) is 4.99 Å². The first-order valence-electron chi connectivity index (χ1n) is 2.00. The van der Waals surface area contributed by atoms with Crippen LogP contribution < -0.4 is 0 Å². The van der Waals surface area contributed by atoms with Crippen LogP contribution in [-0.4, -0.2) is 6.21 Å². The van der Waals surface area contributed by atoms with Gasteiger partial charge in [0.05, 0.1) is 0 Å². The van der Waals surface area contributed by atoms with Gasteiger partial charge in [0.2, 0.25) is 0 Å². The Kier molecular flexibility index (Phi) is 3.98. The lowest BCUT2D eigenvalue weighted by Gasteiger charge is -1.64. The monoisotopic (exact) mass is 83.1 g/mol. The van der Waals surface area contributed by atoms with Crippen molar-refractivity contribution in [2.45, 2.75) is 13.8 Å². The van der Waals surface area contributed by atoms with Gasteiger partial charge in [-0.25, -0.2) is 0 Å². The Hall–Kier alpha value is -0.590. The van der Waals surface area contributed by atoms with E-state index in [1.54, 1.807) is 12.4 Å². The Balaban J connectivity index is 3.07. The molecule has 0 fully saturated rings. The molecule has 0 bridgehead atoms. The molecule has 0 radical (unpaired) electrons. The summed E-state index contributed by atoms with van der Waals surface area (Å²) in [6.07, 6.45) is 5.39. The van der Waals surface area contributed by atoms with Crippen LogP contribution in [0.3, 0.4) is 0 Å². The van der Waals surface area contributed by atoms with Gasteiger partial charge in [0.1, 0.15) is 0 Å². The lowest BCUT2D eigenvalue weighted by atomic mass is 10.7. The topological polar surface area (TPSA) is 12.4 Å². The van der Waals surface area contributed by atoms with Crippen LogP contribution in [-0.2, 0) is 0 Å². The standard InChI is InChI=1S/C5H9N/c1-3-5-6-4-2/h3-5H,1-2H3/b5-3-,6-4?. The second-order valence-corrected chi connectivity index (χ2v) is 0.890. The molecule has 34 valence electrons. The highest BCUT2D eigenvalue weighted by Gasteiger charge is 1.48. The second-order valence-electron chi connectivity index (χ2n) is 0.890. The fourth-order valence-corrected chi connectivity index (χ4v) is 0.172. The Labute approximate surface area is 38.4 Å². The molecular formula is C5H9N. The fourth-order valence-electron chi connectivity index (χ4n) is 0.172. The predicted molar refractivity (Wildman–Crippen MR) is 29.0 cm³/mol. The van der Waals surface area contributed by atoms with Crippen LogP contribution in [0.4, 0.5) is 0 Å². The Morgan fingerprint density at radius 1 is 1.33 bits per heavy atom. The van der Waals surface area contributed by atoms with Gasteiger partial charge in [-0.15, -0.1) is 0 Å². The number of hydrogen-bond donors (Lipinski definition) is 0. The van der Waals surface area contributed by atoms with E-state index in [0.717, 1.165) is 0 Å². The van der Waals surface area contributed by atoms with Crippen molar-refractivity contribution in [3.63, 3.8) is 0 Å². The van der Waals surface area contributed by atoms with E-state index in [1.165, 1.54) is 0 Å². The van der Waals surface area contributed by atoms with Gasteiger partial charge in [-0.1, -0.05) is 6.08 Å². The van der Waals surface area contributed by atoms with Crippen molar-refractivity contribution in [1.29, 1.82) is 0 Å². The van der Waals surface area contributed by atoms with E-state index in [2.05, 4.69) is 4.99 Å². The van der Waals surface area contributed by atoms with E-state index in [0.29, 0.717) is 0 Å². The van der Waals surface area contributed by atoms with Crippen LogP contribution in [0, 0.1) is 0 Å². The van der Waals surface area contributed by atoms with Crippen molar-refractivity contribution in [3.8, 4) is 0 Å². The molecule has 0 aliphatic carbocycles. The van der Waals surface area contributed by atoms with Crippen molar-refractivity contribution in [2.24, 2.45) is 4.99 Å². The fraction of sp³-hybridized carbons (Fsp3) is 0.400. The number of rotatable bonds is 1. The molecule has 1 heteroatoms. The van der Waals surface area contributed by atoms with Crippen LogP contribution >= 0.6 is 0 Å². The van der Waals surface area contributed by atoms with Gasteiger partial charge in [0, 0.05) is 12.4 Å². The maximum Gasteiger partial charge on any atom is 0.0221 e. The minimum atomic E-state index is 1.75. The molecule has 0 atom stereocenters. The molecule has 0 aliphatic rings. The van der Waals surface area contributed by atoms with Gasteiger partial charge >= 0.3 is 0 Å². The van der Waals surface area contributed by atoms with E-state index in [-0.39, 0.29) is 0 Å². The molecule has 0 aromatic heterocycles. The molecule has 0 spiro atoms. The summed E-state index contributed by atoms with van der Waals surface area (Å²) < 4.78 is 0. The summed E-state index contributed by atoms with van der Waals surface area (Å²) in [4.78, 5) is 3.78. The Morgan fingerprint density at radius 2 is 2.00 bits per heavy atom. The zero-order valence-corrected chi connectivity index (χ0v) is 4.18. The van der Waals surface area contributed by atoms with E-state index in [4.69, 9.17) is 0 Å². The van der Waals surface area contributed by atoms with Gasteiger partial charge in [0.15, 0.2) is 0 Å². The molecule has 0 aromatic carbocycles. The molecule has 0 N–H and O–H groups in total. The summed E-state index contributed by atoms with van der Waals surface area (Å²) in [5, 5.41) is 0. The number of hydrogen-bond acceptors (Lipinski definition) is 1. The van der Waals surface area contributed by atoms with Crippen molar-refractivity contribution >= 4 is 6.21 Å². The first-order valence-corrected chi connectivity index (χ1v) is 2.00. The average molecular weight is 83.1 g/mol. The molecule has 0 unspecified atom stereocenters. The van der Waals surface area contributed by atoms with Gasteiger partial charge in [-0.05, 0) is 13.8 Å². The third-order valence-electron chi connectivity index (χ3n) is 0.384. The molecule has 0 rings (SSSR count). The molecule has 1 nitrogen and oxygen atoms in total. The van der Waals surface area contributed by atoms with Crippen LogP contribution in [0.25, 0.3) is 0 Å². The van der Waals surface area contributed by atoms with E-state index in [1.807, 2.05) is 19.9 Å². The highest BCUT2D eigenvalue weighted by molar-refractivity contribution is 5.54. The minimum Gasteiger partial charge on any atom is -0.270 e. The van der Waals surface area contributed by atoms with Crippen molar-refractivity contribution in [3.05, 3.63) is 12.3 Å². The van der Waals surface area contributed by atoms with Crippen LogP contribution in [0.1, 0.15) is 13.8 Å².